The number of benzene rings is 1. The fourth-order valence-electron chi connectivity index (χ4n) is 3.92. The first kappa shape index (κ1) is 23.7. The summed E-state index contributed by atoms with van der Waals surface area (Å²) >= 11 is 5.38. The lowest BCUT2D eigenvalue weighted by Gasteiger charge is -2.36. The van der Waals surface area contributed by atoms with Crippen LogP contribution in [0.4, 0.5) is 0 Å². The number of amides is 2. The van der Waals surface area contributed by atoms with Gasteiger partial charge in [-0.2, -0.15) is 0 Å². The third kappa shape index (κ3) is 6.53. The van der Waals surface area contributed by atoms with Crippen LogP contribution in [-0.2, 0) is 19.1 Å². The Morgan fingerprint density at radius 1 is 1.25 bits per heavy atom. The maximum absolute atomic E-state index is 12.5. The Bertz CT molecular complexity index is 882. The van der Waals surface area contributed by atoms with Crippen molar-refractivity contribution in [2.24, 2.45) is 0 Å². The maximum atomic E-state index is 12.5. The topological polar surface area (TPSA) is 97.0 Å². The summed E-state index contributed by atoms with van der Waals surface area (Å²) in [6, 6.07) is 6.49. The summed E-state index contributed by atoms with van der Waals surface area (Å²) in [5.41, 5.74) is 0.747. The number of thiocarbonyl (C=S) groups is 1. The third-order valence-corrected chi connectivity index (χ3v) is 5.92. The van der Waals surface area contributed by atoms with E-state index in [-0.39, 0.29) is 23.5 Å². The lowest BCUT2D eigenvalue weighted by Crippen LogP contribution is -2.60. The molecule has 172 valence electrons. The van der Waals surface area contributed by atoms with Crippen LogP contribution >= 0.6 is 12.2 Å². The molecule has 3 rings (SSSR count). The molecule has 1 aromatic carbocycles. The maximum Gasteiger partial charge on any atom is 0.308 e. The van der Waals surface area contributed by atoms with E-state index in [2.05, 4.69) is 10.6 Å². The summed E-state index contributed by atoms with van der Waals surface area (Å²) in [7, 11) is 1.56. The molecule has 1 heterocycles. The zero-order chi connectivity index (χ0) is 22.9. The second kappa shape index (κ2) is 11.6. The number of para-hydroxylation sites is 1. The summed E-state index contributed by atoms with van der Waals surface area (Å²) in [6.07, 6.45) is 7.75. The monoisotopic (exact) mass is 459 g/mol. The van der Waals surface area contributed by atoms with Crippen LogP contribution in [0.15, 0.2) is 30.3 Å². The highest BCUT2D eigenvalue weighted by Crippen LogP contribution is 2.22. The molecule has 1 unspecified atom stereocenters. The first-order valence-electron chi connectivity index (χ1n) is 10.9. The standard InChI is InChI=1S/C23H29N3O5S/c1-30-19-10-6-5-7-16(19)11-12-20(27)25-23(32)26-14-13-24-22(29)18(26)15-21(28)31-17-8-3-2-4-9-17/h5-7,10-12,17-18H,2-4,8-9,13-15H2,1H3,(H,24,29)(H,25,27,32). The summed E-state index contributed by atoms with van der Waals surface area (Å²) in [5.74, 6) is -0.522. The zero-order valence-electron chi connectivity index (χ0n) is 18.2. The number of carbonyl (C=O) groups excluding carboxylic acids is 3. The van der Waals surface area contributed by atoms with Crippen molar-refractivity contribution in [3.63, 3.8) is 0 Å². The van der Waals surface area contributed by atoms with Crippen LogP contribution in [0, 0.1) is 0 Å². The minimum Gasteiger partial charge on any atom is -0.496 e. The van der Waals surface area contributed by atoms with E-state index in [1.54, 1.807) is 24.2 Å². The molecular weight excluding hydrogens is 430 g/mol. The Labute approximate surface area is 193 Å². The summed E-state index contributed by atoms with van der Waals surface area (Å²) in [4.78, 5) is 38.9. The molecule has 9 heteroatoms. The number of esters is 1. The van der Waals surface area contributed by atoms with Gasteiger partial charge in [0.25, 0.3) is 0 Å². The molecule has 0 spiro atoms. The van der Waals surface area contributed by atoms with E-state index in [4.69, 9.17) is 21.7 Å². The van der Waals surface area contributed by atoms with Crippen molar-refractivity contribution in [2.45, 2.75) is 50.7 Å². The van der Waals surface area contributed by atoms with E-state index in [1.807, 2.05) is 18.2 Å². The van der Waals surface area contributed by atoms with Crippen molar-refractivity contribution in [3.8, 4) is 5.75 Å². The number of methoxy groups -OCH3 is 1. The Hall–Kier alpha value is -2.94. The molecule has 0 aromatic heterocycles. The average molecular weight is 460 g/mol. The van der Waals surface area contributed by atoms with Crippen LogP contribution in [0.3, 0.4) is 0 Å². The molecule has 2 aliphatic rings. The first-order chi connectivity index (χ1) is 15.5. The molecule has 2 N–H and O–H groups in total. The summed E-state index contributed by atoms with van der Waals surface area (Å²) < 4.78 is 10.8. The fourth-order valence-corrected chi connectivity index (χ4v) is 4.24. The van der Waals surface area contributed by atoms with Gasteiger partial charge in [-0.15, -0.1) is 0 Å². The van der Waals surface area contributed by atoms with Gasteiger partial charge in [-0.25, -0.2) is 0 Å². The second-order valence-corrected chi connectivity index (χ2v) is 8.21. The van der Waals surface area contributed by atoms with Crippen LogP contribution in [0.25, 0.3) is 6.08 Å². The minimum absolute atomic E-state index is 0.0804. The molecule has 1 saturated heterocycles. The van der Waals surface area contributed by atoms with Gasteiger partial charge in [0.15, 0.2) is 5.11 Å². The quantitative estimate of drug-likeness (QED) is 0.382. The van der Waals surface area contributed by atoms with Gasteiger partial charge in [0.05, 0.1) is 13.5 Å². The van der Waals surface area contributed by atoms with Crippen LogP contribution in [0.1, 0.15) is 44.1 Å². The van der Waals surface area contributed by atoms with Crippen LogP contribution in [0.2, 0.25) is 0 Å². The van der Waals surface area contributed by atoms with Crippen molar-refractivity contribution in [2.75, 3.05) is 20.2 Å². The van der Waals surface area contributed by atoms with E-state index in [9.17, 15) is 14.4 Å². The van der Waals surface area contributed by atoms with E-state index < -0.39 is 17.9 Å². The molecule has 1 atom stereocenters. The predicted molar refractivity (Wildman–Crippen MR) is 124 cm³/mol. The largest absolute Gasteiger partial charge is 0.496 e. The van der Waals surface area contributed by atoms with Gasteiger partial charge < -0.3 is 19.7 Å². The van der Waals surface area contributed by atoms with Crippen molar-refractivity contribution >= 4 is 41.2 Å². The number of nitrogens with zero attached hydrogens (tertiary/aromatic N) is 1. The number of hydrogen-bond donors (Lipinski definition) is 2. The van der Waals surface area contributed by atoms with Gasteiger partial charge in [0, 0.05) is 24.7 Å². The molecule has 2 fully saturated rings. The normalized spacial score (nSPS) is 19.3. The minimum atomic E-state index is -0.814. The van der Waals surface area contributed by atoms with E-state index in [1.165, 1.54) is 6.08 Å². The molecule has 1 saturated carbocycles. The molecule has 2 amide bonds. The highest BCUT2D eigenvalue weighted by atomic mass is 32.1. The second-order valence-electron chi connectivity index (χ2n) is 7.82. The first-order valence-corrected chi connectivity index (χ1v) is 11.3. The predicted octanol–water partition coefficient (Wildman–Crippen LogP) is 2.18. The lowest BCUT2D eigenvalue weighted by molar-refractivity contribution is -0.153. The molecular formula is C23H29N3O5S. The third-order valence-electron chi connectivity index (χ3n) is 5.59. The van der Waals surface area contributed by atoms with Crippen LogP contribution in [-0.4, -0.2) is 60.1 Å². The van der Waals surface area contributed by atoms with E-state index >= 15 is 0 Å². The van der Waals surface area contributed by atoms with Crippen LogP contribution in [0.5, 0.6) is 5.75 Å². The fraction of sp³-hybridized carbons (Fsp3) is 0.478. The molecule has 8 nitrogen and oxygen atoms in total. The Morgan fingerprint density at radius 2 is 2.00 bits per heavy atom. The van der Waals surface area contributed by atoms with Crippen molar-refractivity contribution in [1.29, 1.82) is 0 Å². The summed E-state index contributed by atoms with van der Waals surface area (Å²) in [6.45, 7) is 0.766. The lowest BCUT2D eigenvalue weighted by atomic mass is 9.98. The highest BCUT2D eigenvalue weighted by Gasteiger charge is 2.34. The van der Waals surface area contributed by atoms with Gasteiger partial charge >= 0.3 is 5.97 Å². The molecule has 32 heavy (non-hydrogen) atoms. The average Bonchev–Trinajstić information content (AvgIpc) is 2.79. The van der Waals surface area contributed by atoms with E-state index in [0.29, 0.717) is 18.8 Å². The number of nitrogens with one attached hydrogen (secondary N) is 2. The van der Waals surface area contributed by atoms with Gasteiger partial charge in [-0.3, -0.25) is 19.7 Å². The zero-order valence-corrected chi connectivity index (χ0v) is 19.0. The Kier molecular flexibility index (Phi) is 8.61. The molecule has 1 aliphatic heterocycles. The highest BCUT2D eigenvalue weighted by molar-refractivity contribution is 7.80. The van der Waals surface area contributed by atoms with Crippen molar-refractivity contribution in [3.05, 3.63) is 35.9 Å². The molecule has 1 aliphatic carbocycles. The van der Waals surface area contributed by atoms with Gasteiger partial charge in [0.1, 0.15) is 17.9 Å². The van der Waals surface area contributed by atoms with Crippen LogP contribution < -0.4 is 15.4 Å². The van der Waals surface area contributed by atoms with Gasteiger partial charge in [0.2, 0.25) is 11.8 Å². The van der Waals surface area contributed by atoms with Crippen molar-refractivity contribution < 1.29 is 23.9 Å². The summed E-state index contributed by atoms with van der Waals surface area (Å²) in [5, 5.41) is 5.47. The number of carbonyl (C=O) groups is 3. The van der Waals surface area contributed by atoms with Gasteiger partial charge in [-0.1, -0.05) is 24.6 Å². The van der Waals surface area contributed by atoms with Crippen molar-refractivity contribution in [1.82, 2.24) is 15.5 Å². The number of hydrogen-bond acceptors (Lipinski definition) is 6. The molecule has 0 bridgehead atoms. The number of ether oxygens (including phenoxy) is 2. The molecule has 0 radical (unpaired) electrons. The number of rotatable bonds is 6. The SMILES string of the molecule is COc1ccccc1C=CC(=O)NC(=S)N1CCNC(=O)C1CC(=O)OC1CCCCC1. The Balaban J connectivity index is 1.58. The smallest absolute Gasteiger partial charge is 0.308 e. The van der Waals surface area contributed by atoms with E-state index in [0.717, 1.165) is 37.7 Å². The number of piperazine rings is 1. The molecule has 1 aromatic rings. The Morgan fingerprint density at radius 3 is 2.75 bits per heavy atom. The van der Waals surface area contributed by atoms with Gasteiger partial charge in [-0.05, 0) is 50.0 Å².